The molecule has 144 valence electrons. The first-order valence-electron chi connectivity index (χ1n) is 9.62. The van der Waals surface area contributed by atoms with Crippen molar-refractivity contribution in [1.29, 1.82) is 0 Å². The van der Waals surface area contributed by atoms with Gasteiger partial charge in [-0.15, -0.1) is 11.3 Å². The lowest BCUT2D eigenvalue weighted by Crippen LogP contribution is -2.17. The summed E-state index contributed by atoms with van der Waals surface area (Å²) in [5.41, 5.74) is 2.86. The zero-order valence-corrected chi connectivity index (χ0v) is 16.3. The summed E-state index contributed by atoms with van der Waals surface area (Å²) in [6.07, 6.45) is 4.38. The zero-order chi connectivity index (χ0) is 18.9. The van der Waals surface area contributed by atoms with Crippen LogP contribution in [0.2, 0.25) is 0 Å². The predicted molar refractivity (Wildman–Crippen MR) is 113 cm³/mol. The second kappa shape index (κ2) is 7.46. The number of aliphatic hydroxyl groups is 1. The average Bonchev–Trinajstić information content (AvgIpc) is 3.45. The third kappa shape index (κ3) is 3.23. The Hall–Kier alpha value is -2.55. The number of hydrogen-bond donors (Lipinski definition) is 3. The van der Waals surface area contributed by atoms with Crippen LogP contribution in [-0.2, 0) is 6.54 Å². The van der Waals surface area contributed by atoms with Crippen molar-refractivity contribution >= 4 is 38.3 Å². The number of rotatable bonds is 6. The molecule has 0 saturated carbocycles. The number of hydrogen-bond acceptors (Lipinski definition) is 7. The Kier molecular flexibility index (Phi) is 4.67. The van der Waals surface area contributed by atoms with Crippen LogP contribution in [0.3, 0.4) is 0 Å². The minimum atomic E-state index is 0.0597. The summed E-state index contributed by atoms with van der Waals surface area (Å²) in [5, 5.41) is 20.7. The first-order valence-corrected chi connectivity index (χ1v) is 10.4. The molecule has 3 aromatic heterocycles. The second-order valence-electron chi connectivity index (χ2n) is 7.09. The number of H-pyrrole nitrogens is 1. The molecule has 0 atom stereocenters. The van der Waals surface area contributed by atoms with Gasteiger partial charge in [0, 0.05) is 28.9 Å². The van der Waals surface area contributed by atoms with E-state index in [1.54, 1.807) is 11.3 Å². The Balaban J connectivity index is 1.60. The molecule has 28 heavy (non-hydrogen) atoms. The smallest absolute Gasteiger partial charge is 0.162 e. The topological polar surface area (TPSA) is 90.0 Å². The van der Waals surface area contributed by atoms with Crippen LogP contribution in [-0.4, -0.2) is 56.4 Å². The van der Waals surface area contributed by atoms with E-state index >= 15 is 0 Å². The summed E-state index contributed by atoms with van der Waals surface area (Å²) in [4.78, 5) is 13.5. The molecule has 1 aromatic carbocycles. The maximum Gasteiger partial charge on any atom is 0.162 e. The third-order valence-electron chi connectivity index (χ3n) is 5.13. The quantitative estimate of drug-likeness (QED) is 0.465. The molecule has 5 rings (SSSR count). The molecule has 0 spiro atoms. The normalized spacial score (nSPS) is 15.0. The molecule has 4 heterocycles. The van der Waals surface area contributed by atoms with Gasteiger partial charge in [-0.25, -0.2) is 9.97 Å². The first-order chi connectivity index (χ1) is 13.8. The Morgan fingerprint density at radius 1 is 1.21 bits per heavy atom. The van der Waals surface area contributed by atoms with Crippen LogP contribution in [0.1, 0.15) is 17.7 Å². The van der Waals surface area contributed by atoms with Gasteiger partial charge in [0.15, 0.2) is 5.82 Å². The molecule has 0 radical (unpaired) electrons. The third-order valence-corrected chi connectivity index (χ3v) is 6.25. The monoisotopic (exact) mass is 394 g/mol. The van der Waals surface area contributed by atoms with E-state index in [1.807, 2.05) is 24.4 Å². The van der Waals surface area contributed by atoms with Crippen LogP contribution in [0.25, 0.3) is 32.5 Å². The highest BCUT2D eigenvalue weighted by atomic mass is 32.1. The van der Waals surface area contributed by atoms with Gasteiger partial charge in [0.2, 0.25) is 0 Å². The highest BCUT2D eigenvalue weighted by molar-refractivity contribution is 7.19. The van der Waals surface area contributed by atoms with E-state index < -0.39 is 0 Å². The average molecular weight is 395 g/mol. The van der Waals surface area contributed by atoms with Crippen molar-refractivity contribution in [2.24, 2.45) is 0 Å². The van der Waals surface area contributed by atoms with E-state index in [4.69, 9.17) is 9.97 Å². The van der Waals surface area contributed by atoms with Crippen LogP contribution in [0, 0.1) is 0 Å². The fraction of sp³-hybridized carbons (Fsp3) is 0.350. The van der Waals surface area contributed by atoms with E-state index in [0.717, 1.165) is 39.0 Å². The van der Waals surface area contributed by atoms with Crippen molar-refractivity contribution in [3.05, 3.63) is 35.3 Å². The molecule has 0 aliphatic carbocycles. The highest BCUT2D eigenvalue weighted by Gasteiger charge is 2.17. The Labute approximate surface area is 166 Å². The number of nitrogens with zero attached hydrogens (tertiary/aromatic N) is 4. The van der Waals surface area contributed by atoms with Crippen LogP contribution in [0.4, 0.5) is 5.82 Å². The Morgan fingerprint density at radius 3 is 2.96 bits per heavy atom. The molecular weight excluding hydrogens is 372 g/mol. The fourth-order valence-corrected chi connectivity index (χ4v) is 4.90. The molecule has 7 nitrogen and oxygen atoms in total. The maximum absolute atomic E-state index is 9.27. The number of benzene rings is 1. The van der Waals surface area contributed by atoms with Crippen LogP contribution >= 0.6 is 11.3 Å². The standard InChI is InChI=1S/C20H22N6OS/c27-9-6-21-20-18-17(10-13(28-18)12-26-7-1-2-8-26)23-19(24-20)14-4-3-5-16-15(14)11-22-25-16/h3-5,10-11,27H,1-2,6-9,12H2,(H,22,25)(H,21,23,24). The SMILES string of the molecule is OCCNc1nc(-c2cccc3[nH]ncc23)nc2cc(CN3CCCC3)sc12. The predicted octanol–water partition coefficient (Wildman–Crippen LogP) is 3.23. The molecule has 1 aliphatic heterocycles. The van der Waals surface area contributed by atoms with Gasteiger partial charge in [-0.05, 0) is 38.1 Å². The summed E-state index contributed by atoms with van der Waals surface area (Å²) >= 11 is 1.74. The first kappa shape index (κ1) is 17.5. The number of likely N-dealkylation sites (tertiary alicyclic amines) is 1. The molecule has 0 amide bonds. The van der Waals surface area contributed by atoms with Crippen molar-refractivity contribution in [2.45, 2.75) is 19.4 Å². The lowest BCUT2D eigenvalue weighted by Gasteiger charge is -2.12. The van der Waals surface area contributed by atoms with Crippen LogP contribution in [0.5, 0.6) is 0 Å². The minimum Gasteiger partial charge on any atom is -0.395 e. The number of nitrogens with one attached hydrogen (secondary N) is 2. The molecule has 1 saturated heterocycles. The van der Waals surface area contributed by atoms with Crippen molar-refractivity contribution in [3.8, 4) is 11.4 Å². The van der Waals surface area contributed by atoms with Crippen LogP contribution < -0.4 is 5.32 Å². The van der Waals surface area contributed by atoms with E-state index in [0.29, 0.717) is 12.4 Å². The Bertz CT molecular complexity index is 1110. The summed E-state index contributed by atoms with van der Waals surface area (Å²) in [7, 11) is 0. The summed E-state index contributed by atoms with van der Waals surface area (Å²) < 4.78 is 1.05. The van der Waals surface area contributed by atoms with Gasteiger partial charge < -0.3 is 10.4 Å². The van der Waals surface area contributed by atoms with Crippen LogP contribution in [0.15, 0.2) is 30.5 Å². The number of fused-ring (bicyclic) bond motifs is 2. The van der Waals surface area contributed by atoms with Gasteiger partial charge in [-0.3, -0.25) is 10.00 Å². The van der Waals surface area contributed by atoms with Gasteiger partial charge in [-0.1, -0.05) is 12.1 Å². The molecule has 1 aliphatic rings. The minimum absolute atomic E-state index is 0.0597. The summed E-state index contributed by atoms with van der Waals surface area (Å²) in [6.45, 7) is 3.82. The van der Waals surface area contributed by atoms with E-state index in [1.165, 1.54) is 30.8 Å². The van der Waals surface area contributed by atoms with Crippen molar-refractivity contribution in [1.82, 2.24) is 25.1 Å². The molecule has 8 heteroatoms. The molecule has 4 aromatic rings. The molecule has 0 unspecified atom stereocenters. The summed E-state index contributed by atoms with van der Waals surface area (Å²) in [6, 6.07) is 8.18. The van der Waals surface area contributed by atoms with E-state index in [9.17, 15) is 5.11 Å². The van der Waals surface area contributed by atoms with Gasteiger partial charge >= 0.3 is 0 Å². The lowest BCUT2D eigenvalue weighted by atomic mass is 10.1. The molecular formula is C20H22N6OS. The van der Waals surface area contributed by atoms with Gasteiger partial charge in [0.25, 0.3) is 0 Å². The largest absolute Gasteiger partial charge is 0.395 e. The maximum atomic E-state index is 9.27. The number of aromatic nitrogens is 4. The number of anilines is 1. The fourth-order valence-electron chi connectivity index (χ4n) is 3.80. The Morgan fingerprint density at radius 2 is 2.11 bits per heavy atom. The van der Waals surface area contributed by atoms with E-state index in [2.05, 4.69) is 26.5 Å². The highest BCUT2D eigenvalue weighted by Crippen LogP contribution is 2.34. The second-order valence-corrected chi connectivity index (χ2v) is 8.23. The van der Waals surface area contributed by atoms with Crippen molar-refractivity contribution in [2.75, 3.05) is 31.6 Å². The number of aromatic amines is 1. The van der Waals surface area contributed by atoms with Gasteiger partial charge in [0.1, 0.15) is 5.82 Å². The van der Waals surface area contributed by atoms with Crippen molar-refractivity contribution in [3.63, 3.8) is 0 Å². The molecule has 3 N–H and O–H groups in total. The van der Waals surface area contributed by atoms with Gasteiger partial charge in [-0.2, -0.15) is 5.10 Å². The summed E-state index contributed by atoms with van der Waals surface area (Å²) in [5.74, 6) is 1.46. The zero-order valence-electron chi connectivity index (χ0n) is 15.5. The van der Waals surface area contributed by atoms with E-state index in [-0.39, 0.29) is 6.61 Å². The number of thiophene rings is 1. The number of aliphatic hydroxyl groups excluding tert-OH is 1. The lowest BCUT2D eigenvalue weighted by molar-refractivity contribution is 0.311. The van der Waals surface area contributed by atoms with Gasteiger partial charge in [0.05, 0.1) is 28.5 Å². The molecule has 0 bridgehead atoms. The van der Waals surface area contributed by atoms with Crippen molar-refractivity contribution < 1.29 is 5.11 Å². The molecule has 1 fully saturated rings.